The number of aromatic nitrogens is 2. The Balaban J connectivity index is 1.92. The van der Waals surface area contributed by atoms with E-state index in [1.807, 2.05) is 43.3 Å². The van der Waals surface area contributed by atoms with Crippen molar-refractivity contribution in [2.24, 2.45) is 0 Å². The molecule has 0 saturated carbocycles. The Morgan fingerprint density at radius 3 is 2.48 bits per heavy atom. The van der Waals surface area contributed by atoms with Crippen LogP contribution in [0.25, 0.3) is 10.9 Å². The van der Waals surface area contributed by atoms with Gasteiger partial charge in [0.15, 0.2) is 0 Å². The quantitative estimate of drug-likeness (QED) is 0.584. The van der Waals surface area contributed by atoms with Gasteiger partial charge < -0.3 is 10.2 Å². The van der Waals surface area contributed by atoms with Crippen molar-refractivity contribution in [3.05, 3.63) is 66.0 Å². The van der Waals surface area contributed by atoms with Crippen molar-refractivity contribution in [3.8, 4) is 0 Å². The molecule has 0 radical (unpaired) electrons. The predicted octanol–water partition coefficient (Wildman–Crippen LogP) is 4.50. The molecule has 5 nitrogen and oxygen atoms in total. The average molecular weight is 391 g/mol. The van der Waals surface area contributed by atoms with E-state index in [-0.39, 0.29) is 11.9 Å². The molecule has 3 rings (SSSR count). The lowest BCUT2D eigenvalue weighted by Crippen LogP contribution is -2.35. The number of hydrogen-bond donors (Lipinski definition) is 1. The minimum atomic E-state index is 0.0755. The molecule has 0 aliphatic rings. The molecular formula is C24H30N4O. The van der Waals surface area contributed by atoms with E-state index in [1.54, 1.807) is 0 Å². The summed E-state index contributed by atoms with van der Waals surface area (Å²) < 4.78 is 0. The zero-order chi connectivity index (χ0) is 20.6. The minimum absolute atomic E-state index is 0.0755. The van der Waals surface area contributed by atoms with Crippen molar-refractivity contribution in [2.75, 3.05) is 11.4 Å². The molecule has 1 N–H and O–H groups in total. The zero-order valence-corrected chi connectivity index (χ0v) is 17.6. The minimum Gasteiger partial charge on any atom is -0.354 e. The maximum absolute atomic E-state index is 12.4. The van der Waals surface area contributed by atoms with Crippen molar-refractivity contribution < 1.29 is 4.79 Å². The highest BCUT2D eigenvalue weighted by molar-refractivity contribution is 5.89. The molecule has 1 atom stereocenters. The van der Waals surface area contributed by atoms with Crippen LogP contribution in [-0.2, 0) is 17.8 Å². The number of rotatable bonds is 9. The lowest BCUT2D eigenvalue weighted by molar-refractivity contribution is -0.121. The highest BCUT2D eigenvalue weighted by Gasteiger charge is 2.16. The molecular weight excluding hydrogens is 360 g/mol. The summed E-state index contributed by atoms with van der Waals surface area (Å²) in [6.07, 6.45) is 2.12. The first-order valence-electron chi connectivity index (χ1n) is 10.4. The van der Waals surface area contributed by atoms with Crippen molar-refractivity contribution >= 4 is 22.6 Å². The fourth-order valence-corrected chi connectivity index (χ4v) is 3.26. The van der Waals surface area contributed by atoms with E-state index in [0.717, 1.165) is 35.4 Å². The van der Waals surface area contributed by atoms with Crippen molar-refractivity contribution in [1.29, 1.82) is 0 Å². The van der Waals surface area contributed by atoms with E-state index in [1.165, 1.54) is 5.56 Å². The summed E-state index contributed by atoms with van der Waals surface area (Å²) in [6.45, 7) is 7.47. The number of amides is 1. The Kier molecular flexibility index (Phi) is 7.17. The molecule has 0 bridgehead atoms. The van der Waals surface area contributed by atoms with Gasteiger partial charge in [0.05, 0.1) is 5.52 Å². The van der Waals surface area contributed by atoms with Gasteiger partial charge in [-0.3, -0.25) is 4.79 Å². The van der Waals surface area contributed by atoms with Crippen LogP contribution in [0.2, 0.25) is 0 Å². The van der Waals surface area contributed by atoms with Crippen LogP contribution in [0.4, 0.5) is 5.82 Å². The smallest absolute Gasteiger partial charge is 0.221 e. The Bertz CT molecular complexity index is 942. The van der Waals surface area contributed by atoms with Gasteiger partial charge in [0.1, 0.15) is 11.6 Å². The van der Waals surface area contributed by atoms with Crippen LogP contribution in [0.1, 0.15) is 45.0 Å². The predicted molar refractivity (Wildman–Crippen MR) is 119 cm³/mol. The van der Waals surface area contributed by atoms with E-state index in [4.69, 9.17) is 4.98 Å². The molecule has 1 heterocycles. The summed E-state index contributed by atoms with van der Waals surface area (Å²) in [5, 5.41) is 4.08. The lowest BCUT2D eigenvalue weighted by atomic mass is 10.1. The zero-order valence-electron chi connectivity index (χ0n) is 17.6. The molecule has 5 heteroatoms. The molecule has 0 spiro atoms. The highest BCUT2D eigenvalue weighted by atomic mass is 16.1. The second-order valence-electron chi connectivity index (χ2n) is 7.37. The van der Waals surface area contributed by atoms with Crippen LogP contribution in [0.15, 0.2) is 54.6 Å². The van der Waals surface area contributed by atoms with Gasteiger partial charge in [0, 0.05) is 37.4 Å². The number of benzene rings is 2. The van der Waals surface area contributed by atoms with E-state index in [0.29, 0.717) is 19.5 Å². The van der Waals surface area contributed by atoms with Crippen LogP contribution >= 0.6 is 0 Å². The largest absolute Gasteiger partial charge is 0.354 e. The normalized spacial score (nSPS) is 12.0. The number of anilines is 1. The standard InChI is InChI=1S/C24H30N4O/c1-4-18(3)25-23(29)15-16-28(17-19-11-7-6-8-12-19)24-20-13-9-10-14-21(20)26-22(5-2)27-24/h6-14,18H,4-5,15-17H2,1-3H3,(H,25,29)/t18-/m1/s1. The number of aryl methyl sites for hydroxylation is 1. The SMILES string of the molecule is CCc1nc(N(CCC(=O)N[C@H](C)CC)Cc2ccccc2)c2ccccc2n1. The van der Waals surface area contributed by atoms with E-state index < -0.39 is 0 Å². The molecule has 0 fully saturated rings. The highest BCUT2D eigenvalue weighted by Crippen LogP contribution is 2.26. The number of hydrogen-bond acceptors (Lipinski definition) is 4. The summed E-state index contributed by atoms with van der Waals surface area (Å²) in [5.74, 6) is 1.79. The molecule has 0 aliphatic carbocycles. The monoisotopic (exact) mass is 390 g/mol. The van der Waals surface area contributed by atoms with Gasteiger partial charge in [0.25, 0.3) is 0 Å². The van der Waals surface area contributed by atoms with Crippen molar-refractivity contribution in [2.45, 2.75) is 52.6 Å². The van der Waals surface area contributed by atoms with Crippen LogP contribution < -0.4 is 10.2 Å². The van der Waals surface area contributed by atoms with Gasteiger partial charge in [-0.1, -0.05) is 56.3 Å². The van der Waals surface area contributed by atoms with Gasteiger partial charge in [0.2, 0.25) is 5.91 Å². The van der Waals surface area contributed by atoms with Gasteiger partial charge in [-0.2, -0.15) is 0 Å². The lowest BCUT2D eigenvalue weighted by Gasteiger charge is -2.26. The molecule has 2 aromatic carbocycles. The third kappa shape index (κ3) is 5.53. The molecule has 0 saturated heterocycles. The molecule has 3 aromatic rings. The summed E-state index contributed by atoms with van der Waals surface area (Å²) in [7, 11) is 0. The Morgan fingerprint density at radius 2 is 1.76 bits per heavy atom. The number of carbonyl (C=O) groups is 1. The first-order valence-corrected chi connectivity index (χ1v) is 10.4. The van der Waals surface area contributed by atoms with E-state index >= 15 is 0 Å². The summed E-state index contributed by atoms with van der Waals surface area (Å²) in [6, 6.07) is 18.6. The fraction of sp³-hybridized carbons (Fsp3) is 0.375. The second kappa shape index (κ2) is 10.0. The fourth-order valence-electron chi connectivity index (χ4n) is 3.26. The van der Waals surface area contributed by atoms with Crippen molar-refractivity contribution in [3.63, 3.8) is 0 Å². The molecule has 29 heavy (non-hydrogen) atoms. The first kappa shape index (κ1) is 20.8. The number of para-hydroxylation sites is 1. The third-order valence-corrected chi connectivity index (χ3v) is 5.09. The summed E-state index contributed by atoms with van der Waals surface area (Å²) in [4.78, 5) is 24.1. The average Bonchev–Trinajstić information content (AvgIpc) is 2.76. The Hall–Kier alpha value is -2.95. The molecule has 152 valence electrons. The number of nitrogens with zero attached hydrogens (tertiary/aromatic N) is 3. The van der Waals surface area contributed by atoms with Crippen LogP contribution in [-0.4, -0.2) is 28.5 Å². The third-order valence-electron chi connectivity index (χ3n) is 5.09. The summed E-state index contributed by atoms with van der Waals surface area (Å²) >= 11 is 0. The maximum Gasteiger partial charge on any atom is 0.221 e. The van der Waals surface area contributed by atoms with Crippen LogP contribution in [0.5, 0.6) is 0 Å². The summed E-state index contributed by atoms with van der Waals surface area (Å²) in [5.41, 5.74) is 2.13. The molecule has 1 amide bonds. The maximum atomic E-state index is 12.4. The molecule has 1 aromatic heterocycles. The second-order valence-corrected chi connectivity index (χ2v) is 7.37. The number of carbonyl (C=O) groups excluding carboxylic acids is 1. The van der Waals surface area contributed by atoms with Crippen LogP contribution in [0.3, 0.4) is 0 Å². The topological polar surface area (TPSA) is 58.1 Å². The Labute approximate surface area is 173 Å². The van der Waals surface area contributed by atoms with Crippen LogP contribution in [0, 0.1) is 0 Å². The number of nitrogens with one attached hydrogen (secondary N) is 1. The molecule has 0 unspecified atom stereocenters. The molecule has 0 aliphatic heterocycles. The van der Waals surface area contributed by atoms with E-state index in [2.05, 4.69) is 47.2 Å². The van der Waals surface area contributed by atoms with Gasteiger partial charge in [-0.05, 0) is 31.0 Å². The Morgan fingerprint density at radius 1 is 1.03 bits per heavy atom. The van der Waals surface area contributed by atoms with Gasteiger partial charge in [-0.25, -0.2) is 9.97 Å². The van der Waals surface area contributed by atoms with Crippen molar-refractivity contribution in [1.82, 2.24) is 15.3 Å². The van der Waals surface area contributed by atoms with E-state index in [9.17, 15) is 4.79 Å². The first-order chi connectivity index (χ1) is 14.1. The number of fused-ring (bicyclic) bond motifs is 1. The van der Waals surface area contributed by atoms with Gasteiger partial charge in [-0.15, -0.1) is 0 Å². The van der Waals surface area contributed by atoms with Gasteiger partial charge >= 0.3 is 0 Å².